The molecule has 0 bridgehead atoms. The molecule has 1 aromatic heterocycles. The van der Waals surface area contributed by atoms with Gasteiger partial charge in [-0.1, -0.05) is 18.2 Å². The van der Waals surface area contributed by atoms with Gasteiger partial charge in [0, 0.05) is 25.8 Å². The number of pyridine rings is 1. The molecule has 7 nitrogen and oxygen atoms in total. The Labute approximate surface area is 151 Å². The SMILES string of the molecule is O=C(NCc1ccc(N2CCOCC2)nc1)C1COc2ccccc2O1. The number of nitrogens with zero attached hydrogens (tertiary/aromatic N) is 2. The average molecular weight is 355 g/mol. The zero-order valence-corrected chi connectivity index (χ0v) is 14.4. The quantitative estimate of drug-likeness (QED) is 0.893. The van der Waals surface area contributed by atoms with Crippen LogP contribution in [0, 0.1) is 0 Å². The van der Waals surface area contributed by atoms with Crippen LogP contribution in [-0.2, 0) is 16.1 Å². The number of carbonyl (C=O) groups is 1. The van der Waals surface area contributed by atoms with E-state index in [1.807, 2.05) is 30.3 Å². The fourth-order valence-electron chi connectivity index (χ4n) is 2.95. The van der Waals surface area contributed by atoms with Gasteiger partial charge in [0.1, 0.15) is 12.4 Å². The third-order valence-corrected chi connectivity index (χ3v) is 4.41. The highest BCUT2D eigenvalue weighted by atomic mass is 16.6. The van der Waals surface area contributed by atoms with Crippen LogP contribution in [0.1, 0.15) is 5.56 Å². The van der Waals surface area contributed by atoms with Crippen molar-refractivity contribution < 1.29 is 19.0 Å². The van der Waals surface area contributed by atoms with E-state index in [4.69, 9.17) is 14.2 Å². The predicted octanol–water partition coefficient (Wildman–Crippen LogP) is 1.37. The lowest BCUT2D eigenvalue weighted by Crippen LogP contribution is -2.43. The van der Waals surface area contributed by atoms with E-state index in [0.29, 0.717) is 18.0 Å². The van der Waals surface area contributed by atoms with Crippen molar-refractivity contribution in [2.24, 2.45) is 0 Å². The van der Waals surface area contributed by atoms with Gasteiger partial charge in [-0.3, -0.25) is 4.79 Å². The second-order valence-corrected chi connectivity index (χ2v) is 6.21. The van der Waals surface area contributed by atoms with Crippen LogP contribution in [0.4, 0.5) is 5.82 Å². The normalized spacial score (nSPS) is 19.1. The van der Waals surface area contributed by atoms with Crippen LogP contribution in [0.5, 0.6) is 11.5 Å². The van der Waals surface area contributed by atoms with Crippen molar-refractivity contribution in [3.05, 3.63) is 48.2 Å². The zero-order valence-electron chi connectivity index (χ0n) is 14.4. The Morgan fingerprint density at radius 3 is 2.73 bits per heavy atom. The Bertz CT molecular complexity index is 760. The molecule has 1 amide bonds. The van der Waals surface area contributed by atoms with Gasteiger partial charge < -0.3 is 24.4 Å². The highest BCUT2D eigenvalue weighted by molar-refractivity contribution is 5.81. The summed E-state index contributed by atoms with van der Waals surface area (Å²) < 4.78 is 16.6. The lowest BCUT2D eigenvalue weighted by Gasteiger charge is -2.27. The molecule has 0 aliphatic carbocycles. The number of nitrogens with one attached hydrogen (secondary N) is 1. The monoisotopic (exact) mass is 355 g/mol. The van der Waals surface area contributed by atoms with Crippen molar-refractivity contribution in [2.75, 3.05) is 37.8 Å². The molecule has 2 aliphatic rings. The number of hydrogen-bond acceptors (Lipinski definition) is 6. The maximum absolute atomic E-state index is 12.3. The van der Waals surface area contributed by atoms with E-state index in [1.54, 1.807) is 12.3 Å². The molecule has 2 aliphatic heterocycles. The summed E-state index contributed by atoms with van der Waals surface area (Å²) in [6, 6.07) is 11.3. The highest BCUT2D eigenvalue weighted by Gasteiger charge is 2.27. The third kappa shape index (κ3) is 3.72. The molecule has 1 N–H and O–H groups in total. The summed E-state index contributed by atoms with van der Waals surface area (Å²) in [5.41, 5.74) is 0.937. The van der Waals surface area contributed by atoms with Gasteiger partial charge in [0.15, 0.2) is 11.5 Å². The van der Waals surface area contributed by atoms with Crippen molar-refractivity contribution in [1.29, 1.82) is 0 Å². The van der Waals surface area contributed by atoms with Gasteiger partial charge in [0.25, 0.3) is 5.91 Å². The minimum absolute atomic E-state index is 0.197. The molecule has 1 fully saturated rings. The first kappa shape index (κ1) is 16.7. The van der Waals surface area contributed by atoms with Crippen molar-refractivity contribution in [1.82, 2.24) is 10.3 Å². The minimum atomic E-state index is -0.648. The number of benzene rings is 1. The van der Waals surface area contributed by atoms with E-state index >= 15 is 0 Å². The molecule has 1 unspecified atom stereocenters. The molecule has 0 spiro atoms. The molecule has 0 radical (unpaired) electrons. The number of hydrogen-bond donors (Lipinski definition) is 1. The molecule has 4 rings (SSSR count). The number of carbonyl (C=O) groups excluding carboxylic acids is 1. The highest BCUT2D eigenvalue weighted by Crippen LogP contribution is 2.30. The second kappa shape index (κ2) is 7.61. The Morgan fingerprint density at radius 2 is 1.96 bits per heavy atom. The van der Waals surface area contributed by atoms with E-state index in [2.05, 4.69) is 15.2 Å². The number of fused-ring (bicyclic) bond motifs is 1. The Balaban J connectivity index is 1.30. The molecule has 7 heteroatoms. The molecule has 1 aromatic carbocycles. The van der Waals surface area contributed by atoms with Crippen molar-refractivity contribution in [3.63, 3.8) is 0 Å². The standard InChI is InChI=1S/C19H21N3O4/c23-19(17-13-25-15-3-1-2-4-16(15)26-17)21-12-14-5-6-18(20-11-14)22-7-9-24-10-8-22/h1-6,11,17H,7-10,12-13H2,(H,21,23). The molecular weight excluding hydrogens is 334 g/mol. The summed E-state index contributed by atoms with van der Waals surface area (Å²) in [5, 5.41) is 2.88. The number of rotatable bonds is 4. The largest absolute Gasteiger partial charge is 0.485 e. The van der Waals surface area contributed by atoms with E-state index in [-0.39, 0.29) is 12.5 Å². The first-order chi connectivity index (χ1) is 12.8. The average Bonchev–Trinajstić information content (AvgIpc) is 2.72. The van der Waals surface area contributed by atoms with Gasteiger partial charge in [-0.25, -0.2) is 4.98 Å². The van der Waals surface area contributed by atoms with E-state index < -0.39 is 6.10 Å². The van der Waals surface area contributed by atoms with Crippen LogP contribution < -0.4 is 19.7 Å². The van der Waals surface area contributed by atoms with Gasteiger partial charge in [-0.15, -0.1) is 0 Å². The second-order valence-electron chi connectivity index (χ2n) is 6.21. The minimum Gasteiger partial charge on any atom is -0.485 e. The summed E-state index contributed by atoms with van der Waals surface area (Å²) in [4.78, 5) is 19.0. The molecule has 3 heterocycles. The van der Waals surface area contributed by atoms with Crippen LogP contribution >= 0.6 is 0 Å². The lowest BCUT2D eigenvalue weighted by molar-refractivity contribution is -0.130. The number of amides is 1. The molecule has 1 saturated heterocycles. The van der Waals surface area contributed by atoms with Crippen LogP contribution in [0.3, 0.4) is 0 Å². The summed E-state index contributed by atoms with van der Waals surface area (Å²) in [6.07, 6.45) is 1.14. The maximum Gasteiger partial charge on any atom is 0.264 e. The maximum atomic E-state index is 12.3. The molecule has 26 heavy (non-hydrogen) atoms. The summed E-state index contributed by atoms with van der Waals surface area (Å²) in [7, 11) is 0. The number of para-hydroxylation sites is 2. The molecule has 0 saturated carbocycles. The first-order valence-electron chi connectivity index (χ1n) is 8.73. The predicted molar refractivity (Wildman–Crippen MR) is 95.5 cm³/mol. The first-order valence-corrected chi connectivity index (χ1v) is 8.73. The van der Waals surface area contributed by atoms with Gasteiger partial charge in [0.05, 0.1) is 13.2 Å². The zero-order chi connectivity index (χ0) is 17.8. The number of morpholine rings is 1. The van der Waals surface area contributed by atoms with Crippen molar-refractivity contribution >= 4 is 11.7 Å². The van der Waals surface area contributed by atoms with Crippen molar-refractivity contribution in [3.8, 4) is 11.5 Å². The number of ether oxygens (including phenoxy) is 3. The Kier molecular flexibility index (Phi) is 4.88. The fraction of sp³-hybridized carbons (Fsp3) is 0.368. The number of anilines is 1. The molecular formula is C19H21N3O4. The van der Waals surface area contributed by atoms with E-state index in [1.165, 1.54) is 0 Å². The molecule has 2 aromatic rings. The smallest absolute Gasteiger partial charge is 0.264 e. The van der Waals surface area contributed by atoms with Gasteiger partial charge in [-0.2, -0.15) is 0 Å². The van der Waals surface area contributed by atoms with Gasteiger partial charge >= 0.3 is 0 Å². The molecule has 1 atom stereocenters. The van der Waals surface area contributed by atoms with Crippen LogP contribution in [0.15, 0.2) is 42.6 Å². The van der Waals surface area contributed by atoms with Gasteiger partial charge in [0.2, 0.25) is 6.10 Å². The number of aromatic nitrogens is 1. The fourth-order valence-corrected chi connectivity index (χ4v) is 2.95. The summed E-state index contributed by atoms with van der Waals surface area (Å²) >= 11 is 0. The van der Waals surface area contributed by atoms with Crippen LogP contribution in [0.2, 0.25) is 0 Å². The Hall–Kier alpha value is -2.80. The van der Waals surface area contributed by atoms with Crippen LogP contribution in [-0.4, -0.2) is 49.9 Å². The van der Waals surface area contributed by atoms with Crippen LogP contribution in [0.25, 0.3) is 0 Å². The lowest BCUT2D eigenvalue weighted by atomic mass is 10.2. The van der Waals surface area contributed by atoms with E-state index in [0.717, 1.165) is 37.7 Å². The topological polar surface area (TPSA) is 72.9 Å². The third-order valence-electron chi connectivity index (χ3n) is 4.41. The summed E-state index contributed by atoms with van der Waals surface area (Å²) in [5.74, 6) is 2.00. The van der Waals surface area contributed by atoms with Gasteiger partial charge in [-0.05, 0) is 23.8 Å². The van der Waals surface area contributed by atoms with Crippen molar-refractivity contribution in [2.45, 2.75) is 12.6 Å². The summed E-state index contributed by atoms with van der Waals surface area (Å²) in [6.45, 7) is 3.76. The molecule has 136 valence electrons. The van der Waals surface area contributed by atoms with E-state index in [9.17, 15) is 4.79 Å². The Morgan fingerprint density at radius 1 is 1.15 bits per heavy atom.